The van der Waals surface area contributed by atoms with Crippen LogP contribution >= 0.6 is 0 Å². The summed E-state index contributed by atoms with van der Waals surface area (Å²) in [5.74, 6) is -2.72. The molecular formula is C35H47N5O9. The lowest BCUT2D eigenvalue weighted by Crippen LogP contribution is -2.52. The molecule has 0 unspecified atom stereocenters. The van der Waals surface area contributed by atoms with Crippen LogP contribution in [0.3, 0.4) is 0 Å². The summed E-state index contributed by atoms with van der Waals surface area (Å²) >= 11 is 0. The fourth-order valence-electron chi connectivity index (χ4n) is 5.12. The van der Waals surface area contributed by atoms with E-state index in [0.29, 0.717) is 19.3 Å². The summed E-state index contributed by atoms with van der Waals surface area (Å²) in [4.78, 5) is 74.8. The topological polar surface area (TPSA) is 190 Å². The molecule has 2 aromatic carbocycles. The van der Waals surface area contributed by atoms with Crippen LogP contribution in [0.15, 0.2) is 60.7 Å². The summed E-state index contributed by atoms with van der Waals surface area (Å²) in [7, 11) is 0. The second-order valence-corrected chi connectivity index (χ2v) is 11.8. The molecule has 14 nitrogen and oxygen atoms in total. The van der Waals surface area contributed by atoms with E-state index in [2.05, 4.69) is 26.6 Å². The summed E-state index contributed by atoms with van der Waals surface area (Å²) in [5, 5.41) is 12.4. The zero-order valence-electron chi connectivity index (χ0n) is 27.9. The Balaban J connectivity index is 1.41. The van der Waals surface area contributed by atoms with E-state index >= 15 is 0 Å². The number of benzene rings is 2. The molecule has 0 bridgehead atoms. The van der Waals surface area contributed by atoms with Gasteiger partial charge in [0.25, 0.3) is 0 Å². The molecule has 1 atom stereocenters. The van der Waals surface area contributed by atoms with E-state index in [1.165, 1.54) is 0 Å². The highest BCUT2D eigenvalue weighted by molar-refractivity contribution is 5.92. The predicted molar refractivity (Wildman–Crippen MR) is 178 cm³/mol. The van der Waals surface area contributed by atoms with Gasteiger partial charge >= 0.3 is 12.1 Å². The van der Waals surface area contributed by atoms with Gasteiger partial charge in [-0.3, -0.25) is 24.0 Å². The van der Waals surface area contributed by atoms with Crippen LogP contribution in [-0.2, 0) is 51.2 Å². The van der Waals surface area contributed by atoms with E-state index in [9.17, 15) is 28.8 Å². The number of carbonyl (C=O) groups excluding carboxylic acids is 6. The van der Waals surface area contributed by atoms with Crippen LogP contribution < -0.4 is 26.6 Å². The first-order chi connectivity index (χ1) is 23.7. The van der Waals surface area contributed by atoms with Gasteiger partial charge in [-0.25, -0.2) is 4.79 Å². The minimum absolute atomic E-state index is 0.0914. The van der Waals surface area contributed by atoms with Crippen LogP contribution in [-0.4, -0.2) is 81.3 Å². The van der Waals surface area contributed by atoms with Crippen LogP contribution in [0.25, 0.3) is 0 Å². The van der Waals surface area contributed by atoms with Gasteiger partial charge in [-0.1, -0.05) is 86.8 Å². The highest BCUT2D eigenvalue weighted by atomic mass is 16.5. The van der Waals surface area contributed by atoms with Crippen molar-refractivity contribution in [2.45, 2.75) is 64.5 Å². The molecule has 49 heavy (non-hydrogen) atoms. The van der Waals surface area contributed by atoms with Crippen LogP contribution in [0.2, 0.25) is 0 Å². The third-order valence-electron chi connectivity index (χ3n) is 7.88. The molecule has 1 saturated carbocycles. The molecule has 0 saturated heterocycles. The van der Waals surface area contributed by atoms with Gasteiger partial charge in [0.15, 0.2) is 0 Å². The Hall–Kier alpha value is -4.98. The molecule has 3 rings (SSSR count). The average molecular weight is 682 g/mol. The van der Waals surface area contributed by atoms with Crippen molar-refractivity contribution in [3.05, 3.63) is 71.8 Å². The first kappa shape index (κ1) is 38.5. The minimum atomic E-state index is -1.05. The molecule has 5 N–H and O–H groups in total. The van der Waals surface area contributed by atoms with E-state index < -0.39 is 47.7 Å². The maximum absolute atomic E-state index is 13.1. The Labute approximate surface area is 286 Å². The summed E-state index contributed by atoms with van der Waals surface area (Å²) in [5.41, 5.74) is 0.883. The minimum Gasteiger partial charge on any atom is -0.460 e. The lowest BCUT2D eigenvalue weighted by molar-refractivity contribution is -0.161. The van der Waals surface area contributed by atoms with Crippen LogP contribution in [0.5, 0.6) is 0 Å². The van der Waals surface area contributed by atoms with Gasteiger partial charge in [-0.05, 0) is 30.4 Å². The van der Waals surface area contributed by atoms with Gasteiger partial charge in [-0.2, -0.15) is 0 Å². The Morgan fingerprint density at radius 3 is 2.02 bits per heavy atom. The summed E-state index contributed by atoms with van der Waals surface area (Å²) in [6, 6.07) is 17.3. The fourth-order valence-corrected chi connectivity index (χ4v) is 5.12. The highest BCUT2D eigenvalue weighted by Gasteiger charge is 2.43. The number of hydrogen-bond acceptors (Lipinski definition) is 9. The van der Waals surface area contributed by atoms with Crippen molar-refractivity contribution in [1.29, 1.82) is 0 Å². The van der Waals surface area contributed by atoms with Crippen LogP contribution in [0, 0.1) is 5.41 Å². The number of esters is 1. The molecule has 0 heterocycles. The van der Waals surface area contributed by atoms with Gasteiger partial charge < -0.3 is 40.8 Å². The number of nitrogens with one attached hydrogen (secondary N) is 5. The Morgan fingerprint density at radius 2 is 1.35 bits per heavy atom. The Kier molecular flexibility index (Phi) is 16.6. The molecule has 0 aromatic heterocycles. The van der Waals surface area contributed by atoms with Crippen molar-refractivity contribution in [3.8, 4) is 0 Å². The molecule has 266 valence electrons. The van der Waals surface area contributed by atoms with Crippen LogP contribution in [0.1, 0.15) is 56.6 Å². The average Bonchev–Trinajstić information content (AvgIpc) is 3.60. The van der Waals surface area contributed by atoms with E-state index in [0.717, 1.165) is 30.4 Å². The van der Waals surface area contributed by atoms with Crippen LogP contribution in [0.4, 0.5) is 4.79 Å². The fraction of sp³-hybridized carbons (Fsp3) is 0.486. The second kappa shape index (κ2) is 21.1. The van der Waals surface area contributed by atoms with E-state index in [-0.39, 0.29) is 52.0 Å². The molecule has 14 heteroatoms. The van der Waals surface area contributed by atoms with E-state index in [1.807, 2.05) is 43.3 Å². The molecule has 5 amide bonds. The monoisotopic (exact) mass is 681 g/mol. The van der Waals surface area contributed by atoms with Gasteiger partial charge in [0.1, 0.15) is 25.9 Å². The largest absolute Gasteiger partial charge is 0.460 e. The van der Waals surface area contributed by atoms with Crippen molar-refractivity contribution in [1.82, 2.24) is 26.6 Å². The van der Waals surface area contributed by atoms with Crippen molar-refractivity contribution < 1.29 is 43.0 Å². The zero-order valence-corrected chi connectivity index (χ0v) is 27.9. The zero-order chi connectivity index (χ0) is 35.3. The molecule has 2 aromatic rings. The van der Waals surface area contributed by atoms with Gasteiger partial charge in [-0.15, -0.1) is 0 Å². The third-order valence-corrected chi connectivity index (χ3v) is 7.88. The maximum Gasteiger partial charge on any atom is 0.407 e. The van der Waals surface area contributed by atoms with Crippen molar-refractivity contribution in [2.24, 2.45) is 5.41 Å². The first-order valence-electron chi connectivity index (χ1n) is 16.5. The molecular weight excluding hydrogens is 634 g/mol. The summed E-state index contributed by atoms with van der Waals surface area (Å²) < 4.78 is 16.2. The van der Waals surface area contributed by atoms with Gasteiger partial charge in [0.05, 0.1) is 31.7 Å². The molecule has 0 spiro atoms. The lowest BCUT2D eigenvalue weighted by atomic mass is 9.87. The van der Waals surface area contributed by atoms with Gasteiger partial charge in [0, 0.05) is 6.42 Å². The molecule has 0 radical (unpaired) electrons. The number of amides is 5. The molecule has 1 aliphatic carbocycles. The number of rotatable bonds is 20. The second-order valence-electron chi connectivity index (χ2n) is 11.8. The smallest absolute Gasteiger partial charge is 0.407 e. The molecule has 0 aliphatic heterocycles. The Bertz CT molecular complexity index is 1370. The maximum atomic E-state index is 13.1. The van der Waals surface area contributed by atoms with Crippen molar-refractivity contribution in [2.75, 3.05) is 39.6 Å². The summed E-state index contributed by atoms with van der Waals surface area (Å²) in [6.45, 7) is 1.07. The standard InChI is InChI=1S/C35H47N5O9/c1-2-3-18-48-34(46)38-21-29(41)36-22-31(43)40-28(19-26-12-6-4-7-13-26)32(44)37-20-30(42)39-25-47-24-35(16-10-11-17-35)33(45)49-23-27-14-8-5-9-15-27/h4-9,12-15,28H,2-3,10-11,16-25H2,1H3,(H,36,41)(H,37,44)(H,38,46)(H,39,42)(H,40,43)/t28-/m0/s1. The van der Waals surface area contributed by atoms with Gasteiger partial charge in [0.2, 0.25) is 23.6 Å². The van der Waals surface area contributed by atoms with Crippen molar-refractivity contribution in [3.63, 3.8) is 0 Å². The number of alkyl carbamates (subject to hydrolysis) is 1. The number of hydrogen-bond donors (Lipinski definition) is 5. The number of carbonyl (C=O) groups is 6. The molecule has 1 aliphatic rings. The quantitative estimate of drug-likeness (QED) is 0.0789. The highest BCUT2D eigenvalue weighted by Crippen LogP contribution is 2.39. The summed E-state index contributed by atoms with van der Waals surface area (Å²) in [6.07, 6.45) is 3.97. The number of unbranched alkanes of at least 4 members (excludes halogenated alkanes) is 1. The lowest BCUT2D eigenvalue weighted by Gasteiger charge is -2.26. The van der Waals surface area contributed by atoms with E-state index in [1.54, 1.807) is 24.3 Å². The Morgan fingerprint density at radius 1 is 0.735 bits per heavy atom. The molecule has 1 fully saturated rings. The first-order valence-corrected chi connectivity index (χ1v) is 16.5. The third kappa shape index (κ3) is 14.4. The number of ether oxygens (including phenoxy) is 3. The normalized spacial score (nSPS) is 13.7. The predicted octanol–water partition coefficient (Wildman–Crippen LogP) is 1.87. The SMILES string of the molecule is CCCCOC(=O)NCC(=O)NCC(=O)N[C@@H](Cc1ccccc1)C(=O)NCC(=O)NCOCC1(C(=O)OCc2ccccc2)CCCC1. The van der Waals surface area contributed by atoms with Crippen molar-refractivity contribution >= 4 is 35.7 Å². The van der Waals surface area contributed by atoms with E-state index in [4.69, 9.17) is 14.2 Å².